The standard InChI is InChI=1S/C22H38N4O2.HI/c1-6-23-21(25-17-22(3,4)26-13-15-28-16-14-26)24-12-11-18(2)19-7-9-20(27-5)10-8-19;/h7-10,18H,6,11-17H2,1-5H3,(H2,23,24,25);1H. The molecule has 1 unspecified atom stereocenters. The molecule has 0 radical (unpaired) electrons. The molecule has 0 spiro atoms. The van der Waals surface area contributed by atoms with Gasteiger partial charge in [0.1, 0.15) is 5.75 Å². The normalized spacial score (nSPS) is 16.7. The summed E-state index contributed by atoms with van der Waals surface area (Å²) in [6.45, 7) is 15.0. The van der Waals surface area contributed by atoms with Gasteiger partial charge in [-0.2, -0.15) is 0 Å². The van der Waals surface area contributed by atoms with Gasteiger partial charge in [0.2, 0.25) is 0 Å². The minimum atomic E-state index is 0. The zero-order valence-electron chi connectivity index (χ0n) is 18.7. The summed E-state index contributed by atoms with van der Waals surface area (Å²) in [7, 11) is 1.70. The average molecular weight is 518 g/mol. The molecule has 1 aromatic rings. The first-order valence-corrected chi connectivity index (χ1v) is 10.4. The molecular formula is C22H39IN4O2. The summed E-state index contributed by atoms with van der Waals surface area (Å²) in [6.07, 6.45) is 1.05. The highest BCUT2D eigenvalue weighted by Crippen LogP contribution is 2.21. The predicted molar refractivity (Wildman–Crippen MR) is 132 cm³/mol. The third kappa shape index (κ3) is 8.68. The molecule has 1 atom stereocenters. The van der Waals surface area contributed by atoms with E-state index in [9.17, 15) is 0 Å². The smallest absolute Gasteiger partial charge is 0.191 e. The van der Waals surface area contributed by atoms with E-state index in [0.29, 0.717) is 5.92 Å². The van der Waals surface area contributed by atoms with E-state index in [4.69, 9.17) is 14.5 Å². The number of guanidine groups is 1. The number of methoxy groups -OCH3 is 1. The van der Waals surface area contributed by atoms with Gasteiger partial charge in [0.25, 0.3) is 0 Å². The molecule has 2 N–H and O–H groups in total. The van der Waals surface area contributed by atoms with Crippen LogP contribution in [0.25, 0.3) is 0 Å². The first-order valence-electron chi connectivity index (χ1n) is 10.4. The Bertz CT molecular complexity index is 601. The van der Waals surface area contributed by atoms with Crippen LogP contribution < -0.4 is 15.4 Å². The van der Waals surface area contributed by atoms with Crippen molar-refractivity contribution >= 4 is 29.9 Å². The van der Waals surface area contributed by atoms with Crippen molar-refractivity contribution in [2.45, 2.75) is 45.6 Å². The van der Waals surface area contributed by atoms with E-state index < -0.39 is 0 Å². The number of hydrogen-bond donors (Lipinski definition) is 2. The van der Waals surface area contributed by atoms with E-state index >= 15 is 0 Å². The molecule has 2 rings (SSSR count). The Hall–Kier alpha value is -1.06. The van der Waals surface area contributed by atoms with Crippen LogP contribution in [-0.4, -0.2) is 69.4 Å². The molecule has 0 amide bonds. The summed E-state index contributed by atoms with van der Waals surface area (Å²) in [6, 6.07) is 8.35. The van der Waals surface area contributed by atoms with Gasteiger partial charge in [-0.25, -0.2) is 0 Å². The van der Waals surface area contributed by atoms with Crippen molar-refractivity contribution in [3.8, 4) is 5.75 Å². The first-order chi connectivity index (χ1) is 13.5. The lowest BCUT2D eigenvalue weighted by Crippen LogP contribution is -2.52. The topological polar surface area (TPSA) is 58.1 Å². The van der Waals surface area contributed by atoms with Crippen molar-refractivity contribution in [3.05, 3.63) is 29.8 Å². The minimum Gasteiger partial charge on any atom is -0.497 e. The van der Waals surface area contributed by atoms with Crippen molar-refractivity contribution in [3.63, 3.8) is 0 Å². The SMILES string of the molecule is CCNC(=NCC(C)(C)N1CCOCC1)NCCC(C)c1ccc(OC)cc1.I. The summed E-state index contributed by atoms with van der Waals surface area (Å²) >= 11 is 0. The fraction of sp³-hybridized carbons (Fsp3) is 0.682. The number of morpholine rings is 1. The maximum atomic E-state index is 5.47. The van der Waals surface area contributed by atoms with Crippen LogP contribution in [0.15, 0.2) is 29.3 Å². The van der Waals surface area contributed by atoms with Gasteiger partial charge >= 0.3 is 0 Å². The van der Waals surface area contributed by atoms with Crippen LogP contribution in [0.4, 0.5) is 0 Å². The molecule has 166 valence electrons. The zero-order chi connectivity index (χ0) is 20.4. The third-order valence-corrected chi connectivity index (χ3v) is 5.39. The fourth-order valence-electron chi connectivity index (χ4n) is 3.39. The van der Waals surface area contributed by atoms with Gasteiger partial charge in [0, 0.05) is 31.7 Å². The molecule has 0 aliphatic carbocycles. The number of rotatable bonds is 9. The number of halogens is 1. The molecule has 1 aliphatic heterocycles. The molecule has 6 nitrogen and oxygen atoms in total. The monoisotopic (exact) mass is 518 g/mol. The summed E-state index contributed by atoms with van der Waals surface area (Å²) in [5, 5.41) is 6.86. The maximum absolute atomic E-state index is 5.47. The second kappa shape index (κ2) is 13.3. The zero-order valence-corrected chi connectivity index (χ0v) is 21.0. The number of hydrogen-bond acceptors (Lipinski definition) is 4. The summed E-state index contributed by atoms with van der Waals surface area (Å²) < 4.78 is 10.7. The second-order valence-corrected chi connectivity index (χ2v) is 8.00. The van der Waals surface area contributed by atoms with Crippen molar-refractivity contribution < 1.29 is 9.47 Å². The second-order valence-electron chi connectivity index (χ2n) is 8.00. The summed E-state index contributed by atoms with van der Waals surface area (Å²) in [5.74, 6) is 2.27. The van der Waals surface area contributed by atoms with Crippen LogP contribution in [0.5, 0.6) is 5.75 Å². The lowest BCUT2D eigenvalue weighted by atomic mass is 9.98. The highest BCUT2D eigenvalue weighted by Gasteiger charge is 2.28. The lowest BCUT2D eigenvalue weighted by Gasteiger charge is -2.39. The average Bonchev–Trinajstić information content (AvgIpc) is 2.72. The van der Waals surface area contributed by atoms with Crippen LogP contribution in [0.2, 0.25) is 0 Å². The van der Waals surface area contributed by atoms with Crippen LogP contribution in [-0.2, 0) is 4.74 Å². The first kappa shape index (κ1) is 26.0. The van der Waals surface area contributed by atoms with Crippen molar-refractivity contribution in [2.24, 2.45) is 4.99 Å². The molecule has 1 saturated heterocycles. The van der Waals surface area contributed by atoms with E-state index in [2.05, 4.69) is 55.4 Å². The van der Waals surface area contributed by atoms with Gasteiger partial charge < -0.3 is 20.1 Å². The van der Waals surface area contributed by atoms with Crippen LogP contribution in [0.3, 0.4) is 0 Å². The van der Waals surface area contributed by atoms with Gasteiger partial charge in [-0.3, -0.25) is 9.89 Å². The summed E-state index contributed by atoms with van der Waals surface area (Å²) in [4.78, 5) is 7.32. The Morgan fingerprint density at radius 3 is 2.45 bits per heavy atom. The van der Waals surface area contributed by atoms with Gasteiger partial charge in [-0.05, 0) is 50.8 Å². The lowest BCUT2D eigenvalue weighted by molar-refractivity contribution is -0.00683. The molecule has 29 heavy (non-hydrogen) atoms. The Morgan fingerprint density at radius 1 is 1.21 bits per heavy atom. The van der Waals surface area contributed by atoms with Gasteiger partial charge in [-0.1, -0.05) is 19.1 Å². The number of nitrogens with zero attached hydrogens (tertiary/aromatic N) is 2. The van der Waals surface area contributed by atoms with E-state index in [-0.39, 0.29) is 29.5 Å². The minimum absolute atomic E-state index is 0. The Morgan fingerprint density at radius 2 is 1.86 bits per heavy atom. The highest BCUT2D eigenvalue weighted by molar-refractivity contribution is 14.0. The van der Waals surface area contributed by atoms with Gasteiger partial charge in [0.15, 0.2) is 5.96 Å². The molecule has 1 fully saturated rings. The van der Waals surface area contributed by atoms with E-state index in [1.165, 1.54) is 5.56 Å². The molecule has 1 heterocycles. The number of nitrogens with one attached hydrogen (secondary N) is 2. The fourth-order valence-corrected chi connectivity index (χ4v) is 3.39. The van der Waals surface area contributed by atoms with Crippen molar-refractivity contribution in [2.75, 3.05) is 53.0 Å². The van der Waals surface area contributed by atoms with Gasteiger partial charge in [0.05, 0.1) is 26.9 Å². The Kier molecular flexibility index (Phi) is 11.9. The quantitative estimate of drug-likeness (QED) is 0.298. The summed E-state index contributed by atoms with van der Waals surface area (Å²) in [5.41, 5.74) is 1.36. The number of ether oxygens (including phenoxy) is 2. The van der Waals surface area contributed by atoms with Gasteiger partial charge in [-0.15, -0.1) is 24.0 Å². The highest BCUT2D eigenvalue weighted by atomic mass is 127. The number of aliphatic imine (C=N–C) groups is 1. The van der Waals surface area contributed by atoms with E-state index in [1.54, 1.807) is 7.11 Å². The molecular weight excluding hydrogens is 479 g/mol. The third-order valence-electron chi connectivity index (χ3n) is 5.39. The molecule has 0 aromatic heterocycles. The van der Waals surface area contributed by atoms with Crippen LogP contribution in [0, 0.1) is 0 Å². The largest absolute Gasteiger partial charge is 0.497 e. The van der Waals surface area contributed by atoms with E-state index in [0.717, 1.165) is 64.1 Å². The van der Waals surface area contributed by atoms with Crippen molar-refractivity contribution in [1.82, 2.24) is 15.5 Å². The number of benzene rings is 1. The van der Waals surface area contributed by atoms with Crippen LogP contribution in [0.1, 0.15) is 45.6 Å². The molecule has 0 saturated carbocycles. The predicted octanol–water partition coefficient (Wildman–Crippen LogP) is 3.47. The van der Waals surface area contributed by atoms with E-state index in [1.807, 2.05) is 12.1 Å². The molecule has 1 aromatic carbocycles. The molecule has 7 heteroatoms. The molecule has 0 bridgehead atoms. The maximum Gasteiger partial charge on any atom is 0.191 e. The van der Waals surface area contributed by atoms with Crippen LogP contribution >= 0.6 is 24.0 Å². The molecule has 1 aliphatic rings. The Balaban J connectivity index is 0.00000420. The van der Waals surface area contributed by atoms with Crippen molar-refractivity contribution in [1.29, 1.82) is 0 Å². The Labute approximate surface area is 193 Å².